The number of rotatable bonds is 3. The average Bonchev–Trinajstić information content (AvgIpc) is 2.72. The molecule has 3 aromatic rings. The van der Waals surface area contributed by atoms with E-state index in [0.717, 1.165) is 61.4 Å². The third-order valence-corrected chi connectivity index (χ3v) is 4.72. The number of pyridine rings is 2. The maximum atomic E-state index is 4.46. The molecule has 4 heteroatoms. The molecule has 1 fully saturated rings. The zero-order chi connectivity index (χ0) is 17.6. The van der Waals surface area contributed by atoms with Crippen LogP contribution in [-0.2, 0) is 0 Å². The van der Waals surface area contributed by atoms with E-state index < -0.39 is 0 Å². The summed E-state index contributed by atoms with van der Waals surface area (Å²) >= 11 is 0. The summed E-state index contributed by atoms with van der Waals surface area (Å²) in [6.45, 7) is 5.20. The SMILES string of the molecule is C(#Cc1cnc2ccccc2c1)CCN1CCN(c2ccccn2)CC1. The first-order chi connectivity index (χ1) is 12.9. The fraction of sp³-hybridized carbons (Fsp3) is 0.273. The van der Waals surface area contributed by atoms with Crippen LogP contribution in [0.5, 0.6) is 0 Å². The molecule has 0 aliphatic carbocycles. The minimum absolute atomic E-state index is 0.885. The molecule has 1 aliphatic heterocycles. The normalized spacial score (nSPS) is 14.8. The number of aromatic nitrogens is 2. The van der Waals surface area contributed by atoms with Crippen LogP contribution in [0.2, 0.25) is 0 Å². The van der Waals surface area contributed by atoms with Crippen molar-refractivity contribution < 1.29 is 0 Å². The zero-order valence-electron chi connectivity index (χ0n) is 14.8. The van der Waals surface area contributed by atoms with Gasteiger partial charge < -0.3 is 4.90 Å². The van der Waals surface area contributed by atoms with E-state index in [-0.39, 0.29) is 0 Å². The number of anilines is 1. The highest BCUT2D eigenvalue weighted by atomic mass is 15.3. The Balaban J connectivity index is 1.27. The van der Waals surface area contributed by atoms with Gasteiger partial charge in [-0.25, -0.2) is 4.98 Å². The number of benzene rings is 1. The highest BCUT2D eigenvalue weighted by molar-refractivity contribution is 5.79. The second-order valence-electron chi connectivity index (χ2n) is 6.49. The Morgan fingerprint density at radius 1 is 0.923 bits per heavy atom. The molecule has 0 bridgehead atoms. The molecule has 1 aliphatic rings. The molecule has 0 N–H and O–H groups in total. The van der Waals surface area contributed by atoms with Crippen molar-refractivity contribution in [3.63, 3.8) is 0 Å². The molecule has 26 heavy (non-hydrogen) atoms. The predicted molar refractivity (Wildman–Crippen MR) is 106 cm³/mol. The van der Waals surface area contributed by atoms with Gasteiger partial charge in [-0.3, -0.25) is 9.88 Å². The lowest BCUT2D eigenvalue weighted by Crippen LogP contribution is -2.46. The Labute approximate surface area is 154 Å². The van der Waals surface area contributed by atoms with Crippen LogP contribution < -0.4 is 4.90 Å². The standard InChI is InChI=1S/C22H22N4/c1-2-9-21-20(8-1)17-19(18-24-21)7-4-6-12-25-13-15-26(16-14-25)22-10-3-5-11-23-22/h1-3,5,8-11,17-18H,6,12-16H2. The van der Waals surface area contributed by atoms with Gasteiger partial charge in [0, 0.05) is 62.5 Å². The van der Waals surface area contributed by atoms with E-state index in [1.54, 1.807) is 0 Å². The van der Waals surface area contributed by atoms with Crippen molar-refractivity contribution in [2.24, 2.45) is 0 Å². The van der Waals surface area contributed by atoms with Gasteiger partial charge in [0.05, 0.1) is 5.52 Å². The summed E-state index contributed by atoms with van der Waals surface area (Å²) in [5.41, 5.74) is 2.01. The molecule has 1 saturated heterocycles. The summed E-state index contributed by atoms with van der Waals surface area (Å²) in [4.78, 5) is 13.7. The van der Waals surface area contributed by atoms with E-state index in [0.29, 0.717) is 0 Å². The number of fused-ring (bicyclic) bond motifs is 1. The van der Waals surface area contributed by atoms with Gasteiger partial charge >= 0.3 is 0 Å². The lowest BCUT2D eigenvalue weighted by Gasteiger charge is -2.35. The van der Waals surface area contributed by atoms with Crippen molar-refractivity contribution in [1.29, 1.82) is 0 Å². The maximum Gasteiger partial charge on any atom is 0.128 e. The summed E-state index contributed by atoms with van der Waals surface area (Å²) in [6, 6.07) is 16.3. The van der Waals surface area contributed by atoms with Gasteiger partial charge in [-0.05, 0) is 24.3 Å². The van der Waals surface area contributed by atoms with Gasteiger partial charge in [0.2, 0.25) is 0 Å². The Bertz CT molecular complexity index is 919. The number of para-hydroxylation sites is 1. The quantitative estimate of drug-likeness (QED) is 0.684. The van der Waals surface area contributed by atoms with E-state index in [1.807, 2.05) is 42.7 Å². The first-order valence-corrected chi connectivity index (χ1v) is 9.10. The smallest absolute Gasteiger partial charge is 0.128 e. The molecule has 0 radical (unpaired) electrons. The van der Waals surface area contributed by atoms with E-state index in [2.05, 4.69) is 49.8 Å². The molecule has 1 aromatic carbocycles. The third-order valence-electron chi connectivity index (χ3n) is 4.72. The minimum Gasteiger partial charge on any atom is -0.354 e. The fourth-order valence-electron chi connectivity index (χ4n) is 3.26. The van der Waals surface area contributed by atoms with Crippen molar-refractivity contribution in [1.82, 2.24) is 14.9 Å². The van der Waals surface area contributed by atoms with Gasteiger partial charge in [0.1, 0.15) is 5.82 Å². The second-order valence-corrected chi connectivity index (χ2v) is 6.49. The molecule has 0 unspecified atom stereocenters. The first-order valence-electron chi connectivity index (χ1n) is 9.10. The van der Waals surface area contributed by atoms with Crippen molar-refractivity contribution in [2.45, 2.75) is 6.42 Å². The van der Waals surface area contributed by atoms with Crippen LogP contribution in [0.25, 0.3) is 10.9 Å². The molecule has 0 saturated carbocycles. The molecular weight excluding hydrogens is 320 g/mol. The van der Waals surface area contributed by atoms with Crippen LogP contribution in [0.15, 0.2) is 60.9 Å². The Morgan fingerprint density at radius 2 is 1.77 bits per heavy atom. The topological polar surface area (TPSA) is 32.3 Å². The van der Waals surface area contributed by atoms with E-state index in [4.69, 9.17) is 0 Å². The highest BCUT2D eigenvalue weighted by Crippen LogP contribution is 2.13. The number of hydrogen-bond acceptors (Lipinski definition) is 4. The van der Waals surface area contributed by atoms with Crippen LogP contribution in [0.1, 0.15) is 12.0 Å². The van der Waals surface area contributed by atoms with Gasteiger partial charge in [0.25, 0.3) is 0 Å². The maximum absolute atomic E-state index is 4.46. The molecule has 130 valence electrons. The van der Waals surface area contributed by atoms with Gasteiger partial charge in [0.15, 0.2) is 0 Å². The number of hydrogen-bond donors (Lipinski definition) is 0. The lowest BCUT2D eigenvalue weighted by atomic mass is 10.1. The minimum atomic E-state index is 0.885. The molecule has 0 atom stereocenters. The highest BCUT2D eigenvalue weighted by Gasteiger charge is 2.16. The molecule has 2 aromatic heterocycles. The molecule has 0 amide bonds. The second kappa shape index (κ2) is 7.99. The van der Waals surface area contributed by atoms with Crippen LogP contribution in [0.4, 0.5) is 5.82 Å². The van der Waals surface area contributed by atoms with E-state index >= 15 is 0 Å². The van der Waals surface area contributed by atoms with E-state index in [9.17, 15) is 0 Å². The summed E-state index contributed by atoms with van der Waals surface area (Å²) in [5.74, 6) is 7.63. The van der Waals surface area contributed by atoms with Gasteiger partial charge in [-0.1, -0.05) is 36.1 Å². The zero-order valence-corrected chi connectivity index (χ0v) is 14.8. The number of nitrogens with zero attached hydrogens (tertiary/aromatic N) is 4. The number of piperazine rings is 1. The van der Waals surface area contributed by atoms with Crippen molar-refractivity contribution >= 4 is 16.7 Å². The van der Waals surface area contributed by atoms with Crippen molar-refractivity contribution in [2.75, 3.05) is 37.6 Å². The molecule has 0 spiro atoms. The summed E-state index contributed by atoms with van der Waals surface area (Å²) in [5, 5.41) is 1.14. The summed E-state index contributed by atoms with van der Waals surface area (Å²) in [6.07, 6.45) is 4.61. The van der Waals surface area contributed by atoms with Crippen LogP contribution in [0, 0.1) is 11.8 Å². The van der Waals surface area contributed by atoms with Crippen LogP contribution in [0.3, 0.4) is 0 Å². The Hall–Kier alpha value is -2.90. The first kappa shape index (κ1) is 16.6. The Kier molecular flexibility index (Phi) is 5.09. The predicted octanol–water partition coefficient (Wildman–Crippen LogP) is 3.19. The molecule has 3 heterocycles. The van der Waals surface area contributed by atoms with Gasteiger partial charge in [-0.15, -0.1) is 0 Å². The lowest BCUT2D eigenvalue weighted by molar-refractivity contribution is 0.263. The van der Waals surface area contributed by atoms with Gasteiger partial charge in [-0.2, -0.15) is 0 Å². The molecule has 4 rings (SSSR count). The monoisotopic (exact) mass is 342 g/mol. The van der Waals surface area contributed by atoms with E-state index in [1.165, 1.54) is 0 Å². The van der Waals surface area contributed by atoms with Crippen LogP contribution in [-0.4, -0.2) is 47.6 Å². The fourth-order valence-corrected chi connectivity index (χ4v) is 3.26. The Morgan fingerprint density at radius 3 is 2.62 bits per heavy atom. The molecule has 4 nitrogen and oxygen atoms in total. The van der Waals surface area contributed by atoms with Crippen LogP contribution >= 0.6 is 0 Å². The van der Waals surface area contributed by atoms with Crippen molar-refractivity contribution in [3.8, 4) is 11.8 Å². The summed E-state index contributed by atoms with van der Waals surface area (Å²) in [7, 11) is 0. The van der Waals surface area contributed by atoms with Crippen molar-refractivity contribution in [3.05, 3.63) is 66.5 Å². The largest absolute Gasteiger partial charge is 0.354 e. The summed E-state index contributed by atoms with van der Waals surface area (Å²) < 4.78 is 0. The average molecular weight is 342 g/mol. The third kappa shape index (κ3) is 4.01. The molecular formula is C22H22N4.